The number of nitrogens with zero attached hydrogens (tertiary/aromatic N) is 1. The minimum atomic E-state index is -0.0838. The normalized spacial score (nSPS) is 20.0. The van der Waals surface area contributed by atoms with Crippen molar-refractivity contribution in [3.63, 3.8) is 0 Å². The van der Waals surface area contributed by atoms with Crippen LogP contribution in [0.3, 0.4) is 0 Å². The van der Waals surface area contributed by atoms with Crippen molar-refractivity contribution in [2.75, 3.05) is 0 Å². The van der Waals surface area contributed by atoms with Crippen LogP contribution in [0.15, 0.2) is 47.3 Å². The van der Waals surface area contributed by atoms with E-state index in [2.05, 4.69) is 10.4 Å². The summed E-state index contributed by atoms with van der Waals surface area (Å²) >= 11 is 6.10. The van der Waals surface area contributed by atoms with Crippen molar-refractivity contribution in [2.45, 2.75) is 18.9 Å². The van der Waals surface area contributed by atoms with Crippen LogP contribution in [-0.2, 0) is 0 Å². The molecule has 1 aliphatic carbocycles. The molecule has 0 radical (unpaired) electrons. The highest BCUT2D eigenvalue weighted by Gasteiger charge is 2.14. The van der Waals surface area contributed by atoms with E-state index in [0.29, 0.717) is 10.9 Å². The van der Waals surface area contributed by atoms with Gasteiger partial charge in [-0.25, -0.2) is 4.98 Å². The molecule has 2 rings (SSSR count). The summed E-state index contributed by atoms with van der Waals surface area (Å²) in [5.41, 5.74) is 3.30. The van der Waals surface area contributed by atoms with Crippen LogP contribution in [0.2, 0.25) is 0 Å². The molecule has 0 saturated heterocycles. The minimum Gasteiger partial charge on any atom is -0.470 e. The Kier molecular flexibility index (Phi) is 4.01. The Morgan fingerprint density at radius 1 is 1.47 bits per heavy atom. The number of allylic oxidation sites excluding steroid dienone is 2. The van der Waals surface area contributed by atoms with E-state index in [1.165, 1.54) is 0 Å². The second-order valence-corrected chi connectivity index (χ2v) is 4.09. The van der Waals surface area contributed by atoms with Gasteiger partial charge < -0.3 is 10.2 Å². The van der Waals surface area contributed by atoms with E-state index in [0.717, 1.165) is 18.5 Å². The molecule has 0 spiro atoms. The van der Waals surface area contributed by atoms with Crippen molar-refractivity contribution >= 4 is 11.6 Å². The van der Waals surface area contributed by atoms with Gasteiger partial charge in [0.1, 0.15) is 6.10 Å². The van der Waals surface area contributed by atoms with Crippen LogP contribution < -0.4 is 16.0 Å². The van der Waals surface area contributed by atoms with Crippen molar-refractivity contribution < 1.29 is 4.74 Å². The Balaban J connectivity index is 2.07. The lowest BCUT2D eigenvalue weighted by molar-refractivity contribution is 0.231. The molecule has 1 aromatic heterocycles. The molecule has 1 aromatic rings. The Morgan fingerprint density at radius 3 is 3.06 bits per heavy atom. The summed E-state index contributed by atoms with van der Waals surface area (Å²) in [4.78, 5) is 4.12. The summed E-state index contributed by atoms with van der Waals surface area (Å²) in [5, 5.41) is 0.575. The van der Waals surface area contributed by atoms with E-state index in [9.17, 15) is 0 Å². The van der Waals surface area contributed by atoms with Gasteiger partial charge >= 0.3 is 0 Å². The molecule has 1 aliphatic rings. The van der Waals surface area contributed by atoms with Crippen LogP contribution in [0.5, 0.6) is 5.88 Å². The number of pyridine rings is 1. The Bertz CT molecular complexity index is 431. The highest BCUT2D eigenvalue weighted by Crippen LogP contribution is 2.22. The predicted octanol–water partition coefficient (Wildman–Crippen LogP) is 2.09. The number of nitrogens with two attached hydrogens (primary N) is 1. The number of ether oxygens (including phenoxy) is 1. The minimum absolute atomic E-state index is 0.0838. The van der Waals surface area contributed by atoms with Crippen LogP contribution in [0.4, 0.5) is 0 Å². The lowest BCUT2D eigenvalue weighted by Crippen LogP contribution is -2.21. The number of hydrogen-bond acceptors (Lipinski definition) is 4. The number of nitrogens with one attached hydrogen (secondary N) is 1. The first-order chi connectivity index (χ1) is 8.29. The third kappa shape index (κ3) is 3.22. The zero-order chi connectivity index (χ0) is 12.1. The van der Waals surface area contributed by atoms with Gasteiger partial charge in [0.25, 0.3) is 0 Å². The second kappa shape index (κ2) is 5.70. The van der Waals surface area contributed by atoms with Gasteiger partial charge in [-0.1, -0.05) is 23.7 Å². The first kappa shape index (κ1) is 12.0. The Morgan fingerprint density at radius 2 is 2.35 bits per heavy atom. The zero-order valence-electron chi connectivity index (χ0n) is 9.27. The summed E-state index contributed by atoms with van der Waals surface area (Å²) in [6.45, 7) is 0. The smallest absolute Gasteiger partial charge is 0.213 e. The zero-order valence-corrected chi connectivity index (χ0v) is 10.0. The molecular weight excluding hydrogens is 238 g/mol. The van der Waals surface area contributed by atoms with Gasteiger partial charge in [-0.15, -0.1) is 0 Å². The number of hydrogen-bond donors (Lipinski definition) is 2. The van der Waals surface area contributed by atoms with E-state index >= 15 is 0 Å². The largest absolute Gasteiger partial charge is 0.470 e. The monoisotopic (exact) mass is 251 g/mol. The quantitative estimate of drug-likeness (QED) is 0.638. The van der Waals surface area contributed by atoms with Crippen LogP contribution in [0.1, 0.15) is 12.8 Å². The van der Waals surface area contributed by atoms with Crippen LogP contribution in [0, 0.1) is 0 Å². The molecule has 1 unspecified atom stereocenters. The first-order valence-electron chi connectivity index (χ1n) is 5.42. The van der Waals surface area contributed by atoms with E-state index < -0.39 is 0 Å². The summed E-state index contributed by atoms with van der Waals surface area (Å²) in [7, 11) is 0. The molecule has 0 amide bonds. The van der Waals surface area contributed by atoms with Crippen molar-refractivity contribution in [1.82, 2.24) is 10.4 Å². The molecule has 0 aromatic carbocycles. The third-order valence-corrected chi connectivity index (χ3v) is 2.78. The fourth-order valence-corrected chi connectivity index (χ4v) is 1.89. The van der Waals surface area contributed by atoms with Crippen LogP contribution in [0.25, 0.3) is 0 Å². The second-order valence-electron chi connectivity index (χ2n) is 3.68. The molecule has 0 saturated carbocycles. The molecular formula is C12H14ClN3O. The predicted molar refractivity (Wildman–Crippen MR) is 67.2 cm³/mol. The lowest BCUT2D eigenvalue weighted by atomic mass is 10.2. The molecule has 0 fully saturated rings. The molecule has 4 nitrogen and oxygen atoms in total. The van der Waals surface area contributed by atoms with Gasteiger partial charge in [-0.05, 0) is 25.0 Å². The topological polar surface area (TPSA) is 60.2 Å². The summed E-state index contributed by atoms with van der Waals surface area (Å²) in [5.74, 6) is 5.96. The van der Waals surface area contributed by atoms with Crippen molar-refractivity contribution in [3.05, 3.63) is 47.3 Å². The molecule has 1 heterocycles. The average Bonchev–Trinajstić information content (AvgIpc) is 2.52. The molecule has 5 heteroatoms. The van der Waals surface area contributed by atoms with Gasteiger partial charge in [-0.2, -0.15) is 0 Å². The van der Waals surface area contributed by atoms with Gasteiger partial charge in [0, 0.05) is 12.3 Å². The molecule has 0 bridgehead atoms. The maximum atomic E-state index is 6.10. The standard InChI is InChI=1S/C12H14ClN3O/c13-10-8-9(4-3-5-11(10)16-14)17-12-6-1-2-7-15-12/h1-2,5-9,16H,3-4,14H2. The summed E-state index contributed by atoms with van der Waals surface area (Å²) in [6, 6.07) is 5.55. The van der Waals surface area contributed by atoms with E-state index in [4.69, 9.17) is 22.2 Å². The van der Waals surface area contributed by atoms with Crippen LogP contribution >= 0.6 is 11.6 Å². The number of rotatable bonds is 3. The molecule has 17 heavy (non-hydrogen) atoms. The SMILES string of the molecule is NNC1=CCCC(Oc2ccccn2)C=C1Cl. The Labute approximate surface area is 105 Å². The number of halogens is 1. The van der Waals surface area contributed by atoms with Gasteiger partial charge in [0.2, 0.25) is 5.88 Å². The summed E-state index contributed by atoms with van der Waals surface area (Å²) < 4.78 is 5.72. The van der Waals surface area contributed by atoms with Crippen LogP contribution in [-0.4, -0.2) is 11.1 Å². The Hall–Kier alpha value is -1.52. The molecule has 90 valence electrons. The molecule has 3 N–H and O–H groups in total. The highest BCUT2D eigenvalue weighted by atomic mass is 35.5. The maximum absolute atomic E-state index is 6.10. The number of hydrazine groups is 1. The third-order valence-electron chi connectivity index (χ3n) is 2.45. The van der Waals surface area contributed by atoms with Gasteiger partial charge in [0.15, 0.2) is 0 Å². The van der Waals surface area contributed by atoms with E-state index in [1.54, 1.807) is 6.20 Å². The highest BCUT2D eigenvalue weighted by molar-refractivity contribution is 6.31. The van der Waals surface area contributed by atoms with Crippen molar-refractivity contribution in [1.29, 1.82) is 0 Å². The maximum Gasteiger partial charge on any atom is 0.213 e. The molecule has 0 aliphatic heterocycles. The van der Waals surface area contributed by atoms with E-state index in [1.807, 2.05) is 30.4 Å². The van der Waals surface area contributed by atoms with Crippen molar-refractivity contribution in [3.8, 4) is 5.88 Å². The van der Waals surface area contributed by atoms with Gasteiger partial charge in [0.05, 0.1) is 10.7 Å². The van der Waals surface area contributed by atoms with Gasteiger partial charge in [-0.3, -0.25) is 5.84 Å². The van der Waals surface area contributed by atoms with Crippen molar-refractivity contribution in [2.24, 2.45) is 5.84 Å². The first-order valence-corrected chi connectivity index (χ1v) is 5.79. The van der Waals surface area contributed by atoms with E-state index in [-0.39, 0.29) is 6.10 Å². The average molecular weight is 252 g/mol. The summed E-state index contributed by atoms with van der Waals surface area (Å²) in [6.07, 6.45) is 7.11. The lowest BCUT2D eigenvalue weighted by Gasteiger charge is -2.13. The fraction of sp³-hybridized carbons (Fsp3) is 0.250. The number of aromatic nitrogens is 1. The fourth-order valence-electron chi connectivity index (χ4n) is 1.62. The molecule has 1 atom stereocenters.